The quantitative estimate of drug-likeness (QED) is 0.724. The highest BCUT2D eigenvalue weighted by molar-refractivity contribution is 8.00. The van der Waals surface area contributed by atoms with Crippen LogP contribution in [0.15, 0.2) is 16.5 Å². The molecule has 0 spiro atoms. The van der Waals surface area contributed by atoms with Gasteiger partial charge in [-0.05, 0) is 26.2 Å². The number of hydrogen-bond donors (Lipinski definition) is 0. The van der Waals surface area contributed by atoms with Crippen molar-refractivity contribution in [2.75, 3.05) is 14.1 Å². The Bertz CT molecular complexity index is 245. The van der Waals surface area contributed by atoms with Gasteiger partial charge in [-0.3, -0.25) is 0 Å². The van der Waals surface area contributed by atoms with E-state index < -0.39 is 0 Å². The van der Waals surface area contributed by atoms with Gasteiger partial charge in [0.05, 0.1) is 12.3 Å². The van der Waals surface area contributed by atoms with E-state index in [-0.39, 0.29) is 0 Å². The van der Waals surface area contributed by atoms with Gasteiger partial charge in [0.2, 0.25) is 0 Å². The number of thioether (sulfide) groups is 1. The molecular weight excluding hydrogens is 182 g/mol. The molecule has 2 nitrogen and oxygen atoms in total. The van der Waals surface area contributed by atoms with Crippen LogP contribution in [0.5, 0.6) is 0 Å². The Labute approximate surface area is 84.3 Å². The molecule has 0 aliphatic heterocycles. The van der Waals surface area contributed by atoms with E-state index >= 15 is 0 Å². The van der Waals surface area contributed by atoms with Crippen LogP contribution in [0.1, 0.15) is 18.4 Å². The lowest BCUT2D eigenvalue weighted by Crippen LogP contribution is -2.09. The van der Waals surface area contributed by atoms with Crippen LogP contribution in [-0.4, -0.2) is 19.0 Å². The molecule has 0 N–H and O–H groups in total. The second-order valence-corrected chi connectivity index (χ2v) is 4.25. The minimum Gasteiger partial charge on any atom is -0.464 e. The summed E-state index contributed by atoms with van der Waals surface area (Å²) in [6.07, 6.45) is 0. The van der Waals surface area contributed by atoms with Crippen molar-refractivity contribution in [3.8, 4) is 0 Å². The monoisotopic (exact) mass is 198 g/mol. The molecule has 1 heterocycles. The first kappa shape index (κ1) is 10.7. The SMILES string of the molecule is C[CH]SCc1ccc(CN(C)C)o1. The summed E-state index contributed by atoms with van der Waals surface area (Å²) in [5.74, 6) is 5.11. The van der Waals surface area contributed by atoms with Gasteiger partial charge in [-0.25, -0.2) is 0 Å². The van der Waals surface area contributed by atoms with Crippen LogP contribution in [0.25, 0.3) is 0 Å². The van der Waals surface area contributed by atoms with Crippen LogP contribution >= 0.6 is 11.8 Å². The fraction of sp³-hybridized carbons (Fsp3) is 0.500. The van der Waals surface area contributed by atoms with Gasteiger partial charge in [-0.1, -0.05) is 6.92 Å². The van der Waals surface area contributed by atoms with Crippen molar-refractivity contribution in [3.63, 3.8) is 0 Å². The van der Waals surface area contributed by atoms with Crippen molar-refractivity contribution in [1.29, 1.82) is 0 Å². The molecule has 0 atom stereocenters. The summed E-state index contributed by atoms with van der Waals surface area (Å²) in [6.45, 7) is 2.91. The lowest BCUT2D eigenvalue weighted by Gasteiger charge is -2.05. The maximum Gasteiger partial charge on any atom is 0.118 e. The van der Waals surface area contributed by atoms with Crippen LogP contribution in [0.3, 0.4) is 0 Å². The molecule has 0 aliphatic carbocycles. The molecule has 1 rings (SSSR count). The minimum atomic E-state index is 0.876. The summed E-state index contributed by atoms with van der Waals surface area (Å²) in [4.78, 5) is 2.10. The molecule has 0 amide bonds. The van der Waals surface area contributed by atoms with Crippen molar-refractivity contribution >= 4 is 11.8 Å². The second-order valence-electron chi connectivity index (χ2n) is 3.15. The summed E-state index contributed by atoms with van der Waals surface area (Å²) >= 11 is 1.76. The predicted molar refractivity (Wildman–Crippen MR) is 57.4 cm³/mol. The van der Waals surface area contributed by atoms with Crippen LogP contribution in [0.2, 0.25) is 0 Å². The van der Waals surface area contributed by atoms with E-state index in [0.717, 1.165) is 23.8 Å². The molecule has 1 radical (unpaired) electrons. The molecule has 73 valence electrons. The minimum absolute atomic E-state index is 0.876. The van der Waals surface area contributed by atoms with Crippen LogP contribution in [0, 0.1) is 5.75 Å². The average molecular weight is 198 g/mol. The summed E-state index contributed by atoms with van der Waals surface area (Å²) in [6, 6.07) is 4.10. The third-order valence-corrected chi connectivity index (χ3v) is 2.37. The Morgan fingerprint density at radius 1 is 1.38 bits per heavy atom. The number of nitrogens with zero attached hydrogens (tertiary/aromatic N) is 1. The molecular formula is C10H16NOS. The summed E-state index contributed by atoms with van der Waals surface area (Å²) in [5.41, 5.74) is 0. The van der Waals surface area contributed by atoms with Crippen LogP contribution in [0.4, 0.5) is 0 Å². The molecule has 1 aromatic heterocycles. The van der Waals surface area contributed by atoms with Gasteiger partial charge in [0, 0.05) is 5.75 Å². The van der Waals surface area contributed by atoms with E-state index in [1.807, 2.05) is 27.1 Å². The molecule has 0 saturated carbocycles. The zero-order valence-electron chi connectivity index (χ0n) is 8.41. The number of furan rings is 1. The van der Waals surface area contributed by atoms with E-state index in [1.54, 1.807) is 11.8 Å². The molecule has 1 aromatic rings. The highest BCUT2D eigenvalue weighted by Crippen LogP contribution is 2.17. The molecule has 3 heteroatoms. The maximum absolute atomic E-state index is 5.61. The van der Waals surface area contributed by atoms with E-state index in [4.69, 9.17) is 4.42 Å². The van der Waals surface area contributed by atoms with E-state index in [1.165, 1.54) is 0 Å². The molecule has 0 fully saturated rings. The lowest BCUT2D eigenvalue weighted by molar-refractivity contribution is 0.344. The molecule has 0 saturated heterocycles. The van der Waals surface area contributed by atoms with Gasteiger partial charge in [-0.15, -0.1) is 11.8 Å². The fourth-order valence-electron chi connectivity index (χ4n) is 1.06. The van der Waals surface area contributed by atoms with Gasteiger partial charge >= 0.3 is 0 Å². The summed E-state index contributed by atoms with van der Waals surface area (Å²) < 4.78 is 5.61. The predicted octanol–water partition coefficient (Wildman–Crippen LogP) is 2.76. The van der Waals surface area contributed by atoms with Crippen molar-refractivity contribution in [3.05, 3.63) is 29.4 Å². The Morgan fingerprint density at radius 2 is 2.08 bits per heavy atom. The van der Waals surface area contributed by atoms with E-state index in [2.05, 4.69) is 16.7 Å². The van der Waals surface area contributed by atoms with Crippen molar-refractivity contribution < 1.29 is 4.42 Å². The maximum atomic E-state index is 5.61. The van der Waals surface area contributed by atoms with Gasteiger partial charge in [0.25, 0.3) is 0 Å². The third-order valence-electron chi connectivity index (χ3n) is 1.58. The van der Waals surface area contributed by atoms with Gasteiger partial charge in [0.1, 0.15) is 11.5 Å². The largest absolute Gasteiger partial charge is 0.464 e. The number of hydrogen-bond acceptors (Lipinski definition) is 3. The molecule has 0 aromatic carbocycles. The first-order valence-corrected chi connectivity index (χ1v) is 5.39. The summed E-state index contributed by atoms with van der Waals surface area (Å²) in [5, 5.41) is 0. The van der Waals surface area contributed by atoms with E-state index in [9.17, 15) is 0 Å². The first-order valence-electron chi connectivity index (χ1n) is 4.34. The van der Waals surface area contributed by atoms with Gasteiger partial charge in [-0.2, -0.15) is 0 Å². The van der Waals surface area contributed by atoms with Crippen molar-refractivity contribution in [2.24, 2.45) is 0 Å². The zero-order chi connectivity index (χ0) is 9.68. The standard InChI is InChI=1S/C10H16NOS/c1-4-13-8-10-6-5-9(12-10)7-11(2)3/h4-6H,7-8H2,1-3H3. The Hall–Kier alpha value is -0.410. The Morgan fingerprint density at radius 3 is 2.69 bits per heavy atom. The molecule has 0 unspecified atom stereocenters. The normalized spacial score (nSPS) is 11.1. The molecule has 0 bridgehead atoms. The topological polar surface area (TPSA) is 16.4 Å². The number of rotatable bonds is 5. The highest BCUT2D eigenvalue weighted by Gasteiger charge is 2.02. The Kier molecular flexibility index (Phi) is 4.39. The average Bonchev–Trinajstić information content (AvgIpc) is 2.48. The lowest BCUT2D eigenvalue weighted by atomic mass is 10.4. The smallest absolute Gasteiger partial charge is 0.118 e. The van der Waals surface area contributed by atoms with Crippen molar-refractivity contribution in [1.82, 2.24) is 4.90 Å². The third kappa shape index (κ3) is 3.87. The highest BCUT2D eigenvalue weighted by atomic mass is 32.2. The van der Waals surface area contributed by atoms with Crippen molar-refractivity contribution in [2.45, 2.75) is 19.2 Å². The van der Waals surface area contributed by atoms with Gasteiger partial charge < -0.3 is 9.32 Å². The van der Waals surface area contributed by atoms with E-state index in [0.29, 0.717) is 0 Å². The van der Waals surface area contributed by atoms with Crippen LogP contribution in [-0.2, 0) is 12.3 Å². The zero-order valence-corrected chi connectivity index (χ0v) is 9.23. The summed E-state index contributed by atoms with van der Waals surface area (Å²) in [7, 11) is 4.08. The second kappa shape index (κ2) is 5.35. The van der Waals surface area contributed by atoms with Crippen LogP contribution < -0.4 is 0 Å². The van der Waals surface area contributed by atoms with Gasteiger partial charge in [0.15, 0.2) is 0 Å². The fourth-order valence-corrected chi connectivity index (χ4v) is 1.55. The Balaban J connectivity index is 2.44. The molecule has 0 aliphatic rings. The molecule has 13 heavy (non-hydrogen) atoms. The first-order chi connectivity index (χ1) is 6.22.